The number of aryl methyl sites for hydroxylation is 2. The third-order valence-corrected chi connectivity index (χ3v) is 6.26. The van der Waals surface area contributed by atoms with Crippen molar-refractivity contribution < 1.29 is 24.6 Å². The van der Waals surface area contributed by atoms with Gasteiger partial charge in [-0.3, -0.25) is 14.4 Å². The summed E-state index contributed by atoms with van der Waals surface area (Å²) in [5, 5.41) is 23.2. The minimum absolute atomic E-state index is 0.0370. The summed E-state index contributed by atoms with van der Waals surface area (Å²) in [6.45, 7) is 3.88. The maximum absolute atomic E-state index is 12.7. The highest BCUT2D eigenvalue weighted by molar-refractivity contribution is 6.15. The monoisotopic (exact) mass is 427 g/mol. The molecule has 0 saturated heterocycles. The molecule has 2 aliphatic rings. The molecular formula is C23H29N3O5. The van der Waals surface area contributed by atoms with Gasteiger partial charge in [0.05, 0.1) is 11.1 Å². The third kappa shape index (κ3) is 4.75. The Morgan fingerprint density at radius 2 is 1.97 bits per heavy atom. The van der Waals surface area contributed by atoms with E-state index in [2.05, 4.69) is 41.7 Å². The van der Waals surface area contributed by atoms with E-state index in [0.29, 0.717) is 25.0 Å². The van der Waals surface area contributed by atoms with E-state index in [1.807, 2.05) is 0 Å². The van der Waals surface area contributed by atoms with Crippen LogP contribution in [0.2, 0.25) is 0 Å². The van der Waals surface area contributed by atoms with E-state index < -0.39 is 29.4 Å². The fourth-order valence-corrected chi connectivity index (χ4v) is 4.23. The quantitative estimate of drug-likeness (QED) is 0.504. The predicted molar refractivity (Wildman–Crippen MR) is 116 cm³/mol. The number of amides is 2. The molecule has 1 aromatic carbocycles. The van der Waals surface area contributed by atoms with Gasteiger partial charge >= 0.3 is 0 Å². The van der Waals surface area contributed by atoms with Gasteiger partial charge in [-0.1, -0.05) is 29.8 Å². The van der Waals surface area contributed by atoms with Crippen molar-refractivity contribution in [3.8, 4) is 0 Å². The van der Waals surface area contributed by atoms with E-state index in [4.69, 9.17) is 5.73 Å². The highest BCUT2D eigenvalue weighted by Gasteiger charge is 2.43. The number of primary amides is 1. The van der Waals surface area contributed by atoms with E-state index in [1.165, 1.54) is 22.3 Å². The molecule has 2 aliphatic carbocycles. The first-order valence-electron chi connectivity index (χ1n) is 10.5. The average molecular weight is 428 g/mol. The number of nitrogens with one attached hydrogen (secondary N) is 1. The molecule has 31 heavy (non-hydrogen) atoms. The van der Waals surface area contributed by atoms with Crippen molar-refractivity contribution in [2.24, 2.45) is 16.3 Å². The van der Waals surface area contributed by atoms with Gasteiger partial charge in [-0.2, -0.15) is 5.10 Å². The first kappa shape index (κ1) is 22.8. The summed E-state index contributed by atoms with van der Waals surface area (Å²) in [7, 11) is 0. The lowest BCUT2D eigenvalue weighted by Crippen LogP contribution is -2.47. The van der Waals surface area contributed by atoms with Crippen LogP contribution in [-0.4, -0.2) is 45.7 Å². The molecule has 0 aliphatic heterocycles. The van der Waals surface area contributed by atoms with Crippen molar-refractivity contribution in [1.82, 2.24) is 5.43 Å². The van der Waals surface area contributed by atoms with Gasteiger partial charge in [0, 0.05) is 6.42 Å². The Labute approximate surface area is 181 Å². The van der Waals surface area contributed by atoms with Crippen molar-refractivity contribution >= 4 is 28.9 Å². The molecule has 0 bridgehead atoms. The second kappa shape index (κ2) is 9.11. The number of Topliss-reactive ketones (excluding diaryl/α,β-unsaturated/α-hetero) is 1. The number of nitrogens with zero attached hydrogens (tertiary/aromatic N) is 1. The number of ketones is 1. The Bertz CT molecular complexity index is 968. The van der Waals surface area contributed by atoms with Crippen LogP contribution in [0.4, 0.5) is 0 Å². The zero-order valence-electron chi connectivity index (χ0n) is 17.9. The summed E-state index contributed by atoms with van der Waals surface area (Å²) in [5.74, 6) is -2.24. The molecule has 8 heteroatoms. The number of carbonyl (C=O) groups is 3. The molecule has 1 aromatic rings. The van der Waals surface area contributed by atoms with Gasteiger partial charge in [0.1, 0.15) is 5.78 Å². The first-order valence-corrected chi connectivity index (χ1v) is 10.5. The number of rotatable bonds is 6. The number of nitrogens with two attached hydrogens (primary N) is 1. The van der Waals surface area contributed by atoms with Crippen LogP contribution in [-0.2, 0) is 20.8 Å². The number of aliphatic hydroxyl groups excluding tert-OH is 2. The van der Waals surface area contributed by atoms with Gasteiger partial charge in [0.25, 0.3) is 5.91 Å². The molecule has 0 unspecified atom stereocenters. The van der Waals surface area contributed by atoms with Gasteiger partial charge in [-0.05, 0) is 62.7 Å². The lowest BCUT2D eigenvalue weighted by atomic mass is 9.79. The van der Waals surface area contributed by atoms with E-state index in [1.54, 1.807) is 6.92 Å². The lowest BCUT2D eigenvalue weighted by molar-refractivity contribution is -0.144. The third-order valence-electron chi connectivity index (χ3n) is 6.26. The normalized spacial score (nSPS) is 25.4. The summed E-state index contributed by atoms with van der Waals surface area (Å²) < 4.78 is 0. The Balaban J connectivity index is 1.78. The highest BCUT2D eigenvalue weighted by atomic mass is 16.3. The number of hydrogen-bond acceptors (Lipinski definition) is 6. The van der Waals surface area contributed by atoms with Gasteiger partial charge in [-0.15, -0.1) is 0 Å². The van der Waals surface area contributed by atoms with E-state index in [-0.39, 0.29) is 5.78 Å². The number of carbonyl (C=O) groups excluding carboxylic acids is 3. The van der Waals surface area contributed by atoms with Crippen LogP contribution < -0.4 is 11.2 Å². The van der Waals surface area contributed by atoms with Crippen LogP contribution in [0, 0.1) is 12.3 Å². The van der Waals surface area contributed by atoms with Crippen LogP contribution in [0.5, 0.6) is 0 Å². The second-order valence-corrected chi connectivity index (χ2v) is 8.53. The standard InChI is InChI=1S/C23H29N3O5/c1-13-6-7-16-14(4-3-5-15(16)12-13)10-11-23(2)17(8-9-18(23)27)25-26-22(31)20(29)19(28)21(24)30/h6-7,10,12,19-20,28-29H,3-5,8-9,11H2,1-2H3,(H2,24,30)(H,26,31)/b14-10+,25-17+/t19-,20-,23-/m1/s1. The number of hydrogen-bond donors (Lipinski definition) is 4. The Morgan fingerprint density at radius 1 is 1.23 bits per heavy atom. The number of aliphatic hydroxyl groups is 2. The molecule has 3 rings (SSSR count). The zero-order valence-corrected chi connectivity index (χ0v) is 17.9. The minimum Gasteiger partial charge on any atom is -0.380 e. The zero-order chi connectivity index (χ0) is 22.8. The van der Waals surface area contributed by atoms with Crippen LogP contribution in [0.3, 0.4) is 0 Å². The van der Waals surface area contributed by atoms with E-state index in [9.17, 15) is 24.6 Å². The Kier molecular flexibility index (Phi) is 6.71. The fraction of sp³-hybridized carbons (Fsp3) is 0.478. The van der Waals surface area contributed by atoms with Gasteiger partial charge < -0.3 is 15.9 Å². The summed E-state index contributed by atoms with van der Waals surface area (Å²) in [6.07, 6.45) is 2.24. The molecule has 0 radical (unpaired) electrons. The molecule has 2 amide bonds. The highest BCUT2D eigenvalue weighted by Crippen LogP contribution is 2.38. The number of hydrazone groups is 1. The van der Waals surface area contributed by atoms with E-state index >= 15 is 0 Å². The topological polar surface area (TPSA) is 142 Å². The summed E-state index contributed by atoms with van der Waals surface area (Å²) in [4.78, 5) is 35.6. The molecule has 0 heterocycles. The second-order valence-electron chi connectivity index (χ2n) is 8.53. The maximum atomic E-state index is 12.7. The Hall–Kier alpha value is -2.84. The lowest BCUT2D eigenvalue weighted by Gasteiger charge is -2.24. The van der Waals surface area contributed by atoms with Crippen molar-refractivity contribution in [3.63, 3.8) is 0 Å². The summed E-state index contributed by atoms with van der Waals surface area (Å²) in [5.41, 5.74) is 11.7. The number of fused-ring (bicyclic) bond motifs is 1. The molecule has 8 nitrogen and oxygen atoms in total. The molecular weight excluding hydrogens is 398 g/mol. The van der Waals surface area contributed by atoms with E-state index in [0.717, 1.165) is 19.3 Å². The SMILES string of the molecule is Cc1ccc2c(c1)CCC/C2=C\C[C@@]1(C)C(=O)CC/C1=N\NC(=O)[C@H](O)[C@@H](O)C(N)=O. The summed E-state index contributed by atoms with van der Waals surface area (Å²) in [6, 6.07) is 6.43. The van der Waals surface area contributed by atoms with Crippen molar-refractivity contribution in [1.29, 1.82) is 0 Å². The number of benzene rings is 1. The van der Waals surface area contributed by atoms with Crippen molar-refractivity contribution in [2.45, 2.75) is 64.6 Å². The fourth-order valence-electron chi connectivity index (χ4n) is 4.23. The van der Waals surface area contributed by atoms with Crippen molar-refractivity contribution in [2.75, 3.05) is 0 Å². The molecule has 5 N–H and O–H groups in total. The molecule has 166 valence electrons. The van der Waals surface area contributed by atoms with Gasteiger partial charge in [0.2, 0.25) is 5.91 Å². The van der Waals surface area contributed by atoms with Gasteiger partial charge in [-0.25, -0.2) is 5.43 Å². The predicted octanol–water partition coefficient (Wildman–Crippen LogP) is 1.15. The smallest absolute Gasteiger partial charge is 0.272 e. The Morgan fingerprint density at radius 3 is 2.68 bits per heavy atom. The molecule has 0 spiro atoms. The van der Waals surface area contributed by atoms with Crippen LogP contribution in [0.1, 0.15) is 55.7 Å². The molecule has 0 aromatic heterocycles. The minimum atomic E-state index is -2.03. The maximum Gasteiger partial charge on any atom is 0.272 e. The first-order chi connectivity index (χ1) is 14.6. The largest absolute Gasteiger partial charge is 0.380 e. The van der Waals surface area contributed by atoms with Crippen LogP contribution >= 0.6 is 0 Å². The van der Waals surface area contributed by atoms with Crippen LogP contribution in [0.15, 0.2) is 29.4 Å². The van der Waals surface area contributed by atoms with Gasteiger partial charge in [0.15, 0.2) is 12.2 Å². The van der Waals surface area contributed by atoms with Crippen LogP contribution in [0.25, 0.3) is 5.57 Å². The van der Waals surface area contributed by atoms with Crippen molar-refractivity contribution in [3.05, 3.63) is 41.0 Å². The average Bonchev–Trinajstić information content (AvgIpc) is 3.02. The summed E-state index contributed by atoms with van der Waals surface area (Å²) >= 11 is 0. The molecule has 1 saturated carbocycles. The molecule has 3 atom stereocenters. The molecule has 1 fully saturated rings. The number of allylic oxidation sites excluding steroid dienone is 2.